The molecular weight excluding hydrogens is 209 g/mol. The molecule has 0 saturated carbocycles. The first-order chi connectivity index (χ1) is 6.46. The average Bonchev–Trinajstić information content (AvgIpc) is 2.05. The maximum atomic E-state index is 9.00. The molecule has 0 aromatic heterocycles. The van der Waals surface area contributed by atoms with Crippen molar-refractivity contribution in [1.82, 2.24) is 5.32 Å². The summed E-state index contributed by atoms with van der Waals surface area (Å²) in [5.74, 6) is -0.833. The monoisotopic (exact) mass is 227 g/mol. The molecule has 0 aromatic carbocycles. The lowest BCUT2D eigenvalue weighted by Crippen LogP contribution is -2.21. The first kappa shape index (κ1) is 16.0. The summed E-state index contributed by atoms with van der Waals surface area (Å²) in [4.78, 5) is 23.3. The van der Waals surface area contributed by atoms with Crippen LogP contribution in [0.15, 0.2) is 0 Å². The Bertz CT molecular complexity index is 129. The molecular formula is C7H18NO5P. The molecule has 1 aliphatic heterocycles. The van der Waals surface area contributed by atoms with E-state index in [9.17, 15) is 0 Å². The zero-order valence-corrected chi connectivity index (χ0v) is 9.19. The van der Waals surface area contributed by atoms with Crippen LogP contribution in [0, 0.1) is 0 Å². The Kier molecular flexibility index (Phi) is 14.4. The molecule has 0 spiro atoms. The molecule has 6 nitrogen and oxygen atoms in total. The summed E-state index contributed by atoms with van der Waals surface area (Å²) in [6.45, 7) is 3.58. The number of piperidine rings is 1. The Labute approximate surface area is 83.9 Å². The van der Waals surface area contributed by atoms with Gasteiger partial charge in [0.05, 0.1) is 0 Å². The van der Waals surface area contributed by atoms with Gasteiger partial charge < -0.3 is 20.2 Å². The highest BCUT2D eigenvalue weighted by molar-refractivity contribution is 7.30. The number of hydrogen-bond acceptors (Lipinski definition) is 3. The summed E-state index contributed by atoms with van der Waals surface area (Å²) in [5.41, 5.74) is 0. The number of rotatable bonds is 0. The quantitative estimate of drug-likeness (QED) is 0.441. The minimum atomic E-state index is -3.13. The van der Waals surface area contributed by atoms with E-state index >= 15 is 0 Å². The lowest BCUT2D eigenvalue weighted by atomic mass is 10.2. The largest absolute Gasteiger partial charge is 0.481 e. The Morgan fingerprint density at radius 1 is 1.21 bits per heavy atom. The second-order valence-corrected chi connectivity index (χ2v) is 3.18. The number of nitrogens with one attached hydrogen (secondary N) is 1. The van der Waals surface area contributed by atoms with Crippen molar-refractivity contribution in [2.75, 3.05) is 13.1 Å². The van der Waals surface area contributed by atoms with Crippen molar-refractivity contribution in [3.8, 4) is 0 Å². The molecule has 0 radical (unpaired) electrons. The third-order valence-electron chi connectivity index (χ3n) is 1.21. The molecule has 86 valence electrons. The number of carboxylic acids is 1. The Morgan fingerprint density at radius 2 is 1.50 bits per heavy atom. The molecule has 4 N–H and O–H groups in total. The fourth-order valence-electron chi connectivity index (χ4n) is 0.802. The molecule has 0 amide bonds. The van der Waals surface area contributed by atoms with Crippen LogP contribution in [-0.2, 0) is 9.36 Å². The van der Waals surface area contributed by atoms with Crippen molar-refractivity contribution in [2.24, 2.45) is 0 Å². The number of carbonyl (C=O) groups is 1. The smallest absolute Gasteiger partial charge is 0.314 e. The van der Waals surface area contributed by atoms with Gasteiger partial charge in [-0.25, -0.2) is 0 Å². The third kappa shape index (κ3) is 41.6. The third-order valence-corrected chi connectivity index (χ3v) is 1.21. The van der Waals surface area contributed by atoms with Crippen molar-refractivity contribution >= 4 is 14.2 Å². The fraction of sp³-hybridized carbons (Fsp3) is 0.857. The minimum Gasteiger partial charge on any atom is -0.481 e. The number of carboxylic acid groups (broad SMARTS) is 1. The normalized spacial score (nSPS) is 14.6. The molecule has 0 unspecified atom stereocenters. The van der Waals surface area contributed by atoms with Gasteiger partial charge in [-0.05, 0) is 25.9 Å². The molecule has 0 aromatic rings. The lowest BCUT2D eigenvalue weighted by Gasteiger charge is -2.08. The van der Waals surface area contributed by atoms with Gasteiger partial charge >= 0.3 is 8.25 Å². The minimum absolute atomic E-state index is 0.833. The van der Waals surface area contributed by atoms with Crippen LogP contribution in [0.5, 0.6) is 0 Å². The van der Waals surface area contributed by atoms with E-state index in [4.69, 9.17) is 24.3 Å². The van der Waals surface area contributed by atoms with Gasteiger partial charge in [0.2, 0.25) is 0 Å². The van der Waals surface area contributed by atoms with Crippen LogP contribution in [0.4, 0.5) is 0 Å². The summed E-state index contributed by atoms with van der Waals surface area (Å²) in [6.07, 6.45) is 4.22. The van der Waals surface area contributed by atoms with Gasteiger partial charge in [-0.2, -0.15) is 0 Å². The molecule has 1 aliphatic rings. The van der Waals surface area contributed by atoms with E-state index in [0.29, 0.717) is 0 Å². The van der Waals surface area contributed by atoms with Gasteiger partial charge in [0.15, 0.2) is 0 Å². The van der Waals surface area contributed by atoms with E-state index in [1.807, 2.05) is 0 Å². The maximum absolute atomic E-state index is 9.00. The van der Waals surface area contributed by atoms with Crippen molar-refractivity contribution < 1.29 is 24.3 Å². The maximum Gasteiger partial charge on any atom is 0.314 e. The molecule has 7 heteroatoms. The van der Waals surface area contributed by atoms with Gasteiger partial charge in [-0.15, -0.1) is 0 Å². The zero-order chi connectivity index (χ0) is 11.4. The van der Waals surface area contributed by atoms with Crippen LogP contribution in [0.25, 0.3) is 0 Å². The van der Waals surface area contributed by atoms with Crippen molar-refractivity contribution in [3.63, 3.8) is 0 Å². The van der Waals surface area contributed by atoms with Crippen LogP contribution in [0.2, 0.25) is 0 Å². The summed E-state index contributed by atoms with van der Waals surface area (Å²) >= 11 is 0. The van der Waals surface area contributed by atoms with E-state index in [1.165, 1.54) is 32.4 Å². The highest BCUT2D eigenvalue weighted by Crippen LogP contribution is 1.98. The fourth-order valence-corrected chi connectivity index (χ4v) is 0.802. The lowest BCUT2D eigenvalue weighted by molar-refractivity contribution is -0.134. The summed E-state index contributed by atoms with van der Waals surface area (Å²) in [7, 11) is -3.13. The highest BCUT2D eigenvalue weighted by Gasteiger charge is 1.93. The number of aliphatic carboxylic acids is 1. The molecule has 1 fully saturated rings. The highest BCUT2D eigenvalue weighted by atomic mass is 31.1. The van der Waals surface area contributed by atoms with Crippen LogP contribution < -0.4 is 5.32 Å². The van der Waals surface area contributed by atoms with E-state index in [2.05, 4.69) is 5.32 Å². The van der Waals surface area contributed by atoms with Crippen LogP contribution >= 0.6 is 8.25 Å². The van der Waals surface area contributed by atoms with E-state index < -0.39 is 14.2 Å². The summed E-state index contributed by atoms with van der Waals surface area (Å²) in [5, 5.41) is 10.7. The van der Waals surface area contributed by atoms with E-state index in [-0.39, 0.29) is 0 Å². The van der Waals surface area contributed by atoms with Gasteiger partial charge in [0, 0.05) is 6.92 Å². The van der Waals surface area contributed by atoms with Gasteiger partial charge in [0.1, 0.15) is 0 Å². The zero-order valence-electron chi connectivity index (χ0n) is 8.19. The second kappa shape index (κ2) is 12.6. The second-order valence-electron chi connectivity index (χ2n) is 2.61. The first-order valence-corrected chi connectivity index (χ1v) is 5.59. The van der Waals surface area contributed by atoms with E-state index in [0.717, 1.165) is 6.92 Å². The Balaban J connectivity index is 0. The van der Waals surface area contributed by atoms with Crippen molar-refractivity contribution in [1.29, 1.82) is 0 Å². The topological polar surface area (TPSA) is 107 Å². The molecule has 1 heterocycles. The van der Waals surface area contributed by atoms with Crippen LogP contribution in [0.3, 0.4) is 0 Å². The molecule has 0 aliphatic carbocycles. The van der Waals surface area contributed by atoms with Gasteiger partial charge in [-0.1, -0.05) is 6.42 Å². The first-order valence-electron chi connectivity index (χ1n) is 4.29. The Hall–Kier alpha value is -0.420. The van der Waals surface area contributed by atoms with Crippen molar-refractivity contribution in [3.05, 3.63) is 0 Å². The average molecular weight is 227 g/mol. The molecule has 0 atom stereocenters. The molecule has 1 saturated heterocycles. The summed E-state index contributed by atoms with van der Waals surface area (Å²) < 4.78 is 8.74. The summed E-state index contributed by atoms with van der Waals surface area (Å²) in [6, 6.07) is 0. The molecule has 1 rings (SSSR count). The van der Waals surface area contributed by atoms with Crippen molar-refractivity contribution in [2.45, 2.75) is 26.2 Å². The van der Waals surface area contributed by atoms with Crippen LogP contribution in [0.1, 0.15) is 26.2 Å². The standard InChI is InChI=1S/C5H11N.C2H4O2.H3O3P/c1-2-4-6-5-3-1;1-2(3)4;1-4(2)3/h6H,1-5H2;1H3,(H,3,4);4H,(H2,1,2,3). The van der Waals surface area contributed by atoms with Gasteiger partial charge in [-0.3, -0.25) is 9.36 Å². The van der Waals surface area contributed by atoms with Crippen LogP contribution in [-0.4, -0.2) is 34.0 Å². The molecule has 14 heavy (non-hydrogen) atoms. The Morgan fingerprint density at radius 3 is 1.57 bits per heavy atom. The number of hydrogen-bond donors (Lipinski definition) is 4. The molecule has 0 bridgehead atoms. The predicted octanol–water partition coefficient (Wildman–Crippen LogP) is 0.211. The SMILES string of the molecule is C1CCNCC1.CC(=O)O.O=[PH](O)O. The van der Waals surface area contributed by atoms with E-state index in [1.54, 1.807) is 0 Å². The predicted molar refractivity (Wildman–Crippen MR) is 53.5 cm³/mol. The van der Waals surface area contributed by atoms with Gasteiger partial charge in [0.25, 0.3) is 5.97 Å².